The number of likely N-dealkylation sites (tertiary alicyclic amines) is 1. The maximum absolute atomic E-state index is 12.0. The third-order valence-corrected chi connectivity index (χ3v) is 4.13. The van der Waals surface area contributed by atoms with E-state index in [0.717, 1.165) is 18.4 Å². The number of piperidine rings is 1. The van der Waals surface area contributed by atoms with Crippen LogP contribution in [0.1, 0.15) is 25.3 Å². The van der Waals surface area contributed by atoms with Crippen LogP contribution < -0.4 is 5.32 Å². The number of amides is 2. The Bertz CT molecular complexity index is 494. The van der Waals surface area contributed by atoms with Crippen LogP contribution in [0.2, 0.25) is 5.02 Å². The van der Waals surface area contributed by atoms with E-state index in [-0.39, 0.29) is 0 Å². The summed E-state index contributed by atoms with van der Waals surface area (Å²) in [7, 11) is 0. The number of hydrogen-bond acceptors (Lipinski definition) is 2. The molecule has 0 spiro atoms. The standard InChI is InChI=1S/C16H21ClN2O2/c1-12-7-10-19(11-8-12)16(21)15(20)18-9-6-13-2-4-14(17)5-3-13/h2-5,12H,6-11H2,1H3,(H,18,20). The Morgan fingerprint density at radius 1 is 1.24 bits per heavy atom. The topological polar surface area (TPSA) is 49.4 Å². The van der Waals surface area contributed by atoms with E-state index in [1.165, 1.54) is 0 Å². The van der Waals surface area contributed by atoms with Crippen molar-refractivity contribution >= 4 is 23.4 Å². The Hall–Kier alpha value is -1.55. The van der Waals surface area contributed by atoms with Crippen molar-refractivity contribution in [2.75, 3.05) is 19.6 Å². The smallest absolute Gasteiger partial charge is 0.311 e. The predicted molar refractivity (Wildman–Crippen MR) is 83.1 cm³/mol. The summed E-state index contributed by atoms with van der Waals surface area (Å²) >= 11 is 5.81. The summed E-state index contributed by atoms with van der Waals surface area (Å²) in [5.74, 6) is -0.265. The van der Waals surface area contributed by atoms with E-state index in [1.54, 1.807) is 4.90 Å². The summed E-state index contributed by atoms with van der Waals surface area (Å²) in [6.07, 6.45) is 2.64. The van der Waals surface area contributed by atoms with Crippen molar-refractivity contribution in [2.24, 2.45) is 5.92 Å². The van der Waals surface area contributed by atoms with Crippen molar-refractivity contribution < 1.29 is 9.59 Å². The highest BCUT2D eigenvalue weighted by atomic mass is 35.5. The lowest BCUT2D eigenvalue weighted by Crippen LogP contribution is -2.46. The molecular weight excluding hydrogens is 288 g/mol. The van der Waals surface area contributed by atoms with Crippen LogP contribution in [-0.2, 0) is 16.0 Å². The number of halogens is 1. The van der Waals surface area contributed by atoms with Crippen LogP contribution in [0.15, 0.2) is 24.3 Å². The lowest BCUT2D eigenvalue weighted by Gasteiger charge is -2.29. The molecule has 0 aromatic heterocycles. The molecule has 0 aliphatic carbocycles. The molecule has 0 unspecified atom stereocenters. The number of hydrogen-bond donors (Lipinski definition) is 1. The molecule has 0 atom stereocenters. The van der Waals surface area contributed by atoms with Gasteiger partial charge in [-0.3, -0.25) is 9.59 Å². The summed E-state index contributed by atoms with van der Waals surface area (Å²) < 4.78 is 0. The highest BCUT2D eigenvalue weighted by molar-refractivity contribution is 6.35. The molecule has 0 saturated carbocycles. The first-order valence-electron chi connectivity index (χ1n) is 7.38. The van der Waals surface area contributed by atoms with Crippen LogP contribution in [0.3, 0.4) is 0 Å². The van der Waals surface area contributed by atoms with E-state index in [1.807, 2.05) is 24.3 Å². The fraction of sp³-hybridized carbons (Fsp3) is 0.500. The first-order valence-corrected chi connectivity index (χ1v) is 7.75. The molecule has 1 fully saturated rings. The molecule has 114 valence electrons. The van der Waals surface area contributed by atoms with Crippen molar-refractivity contribution in [3.63, 3.8) is 0 Å². The average molecular weight is 309 g/mol. The van der Waals surface area contributed by atoms with E-state index < -0.39 is 11.8 Å². The predicted octanol–water partition coefficient (Wildman–Crippen LogP) is 2.26. The molecule has 1 aliphatic heterocycles. The molecule has 2 amide bonds. The third-order valence-electron chi connectivity index (χ3n) is 3.88. The number of rotatable bonds is 3. The van der Waals surface area contributed by atoms with Crippen molar-refractivity contribution in [3.05, 3.63) is 34.9 Å². The maximum atomic E-state index is 12.0. The summed E-state index contributed by atoms with van der Waals surface area (Å²) in [5, 5.41) is 3.38. The van der Waals surface area contributed by atoms with Gasteiger partial charge in [0.1, 0.15) is 0 Å². The van der Waals surface area contributed by atoms with Gasteiger partial charge in [0.2, 0.25) is 0 Å². The molecule has 1 aliphatic rings. The molecule has 2 rings (SSSR count). The maximum Gasteiger partial charge on any atom is 0.311 e. The van der Waals surface area contributed by atoms with E-state index in [4.69, 9.17) is 11.6 Å². The second-order valence-corrected chi connectivity index (χ2v) is 6.04. The van der Waals surface area contributed by atoms with Crippen LogP contribution in [0.25, 0.3) is 0 Å². The molecule has 0 radical (unpaired) electrons. The Labute approximate surface area is 130 Å². The van der Waals surface area contributed by atoms with Crippen LogP contribution in [0.5, 0.6) is 0 Å². The van der Waals surface area contributed by atoms with Gasteiger partial charge in [-0.1, -0.05) is 30.7 Å². The first kappa shape index (κ1) is 15.8. The van der Waals surface area contributed by atoms with Crippen LogP contribution in [0, 0.1) is 5.92 Å². The summed E-state index contributed by atoms with van der Waals surface area (Å²) in [4.78, 5) is 25.5. The van der Waals surface area contributed by atoms with E-state index in [2.05, 4.69) is 12.2 Å². The molecule has 0 bridgehead atoms. The zero-order chi connectivity index (χ0) is 15.2. The number of nitrogens with one attached hydrogen (secondary N) is 1. The van der Waals surface area contributed by atoms with Crippen molar-refractivity contribution in [1.82, 2.24) is 10.2 Å². The molecule has 21 heavy (non-hydrogen) atoms. The minimum atomic E-state index is -0.501. The van der Waals surface area contributed by atoms with Gasteiger partial charge in [0.25, 0.3) is 0 Å². The quantitative estimate of drug-likeness (QED) is 0.871. The third kappa shape index (κ3) is 4.74. The monoisotopic (exact) mass is 308 g/mol. The number of carbonyl (C=O) groups is 2. The lowest BCUT2D eigenvalue weighted by molar-refractivity contribution is -0.146. The van der Waals surface area contributed by atoms with Crippen molar-refractivity contribution in [1.29, 1.82) is 0 Å². The largest absolute Gasteiger partial charge is 0.347 e. The minimum absolute atomic E-state index is 0.405. The molecule has 1 aromatic carbocycles. The van der Waals surface area contributed by atoms with Gasteiger partial charge >= 0.3 is 11.8 Å². The van der Waals surface area contributed by atoms with Gasteiger partial charge in [0, 0.05) is 24.7 Å². The van der Waals surface area contributed by atoms with Gasteiger partial charge in [-0.05, 0) is 42.9 Å². The molecular formula is C16H21ClN2O2. The molecule has 1 saturated heterocycles. The Morgan fingerprint density at radius 3 is 2.48 bits per heavy atom. The molecule has 1 aromatic rings. The molecule has 5 heteroatoms. The van der Waals surface area contributed by atoms with Gasteiger partial charge in [-0.15, -0.1) is 0 Å². The van der Waals surface area contributed by atoms with Crippen molar-refractivity contribution in [3.8, 4) is 0 Å². The van der Waals surface area contributed by atoms with E-state index in [9.17, 15) is 9.59 Å². The van der Waals surface area contributed by atoms with Crippen LogP contribution >= 0.6 is 11.6 Å². The van der Waals surface area contributed by atoms with Gasteiger partial charge in [-0.2, -0.15) is 0 Å². The fourth-order valence-electron chi connectivity index (χ4n) is 2.40. The molecule has 4 nitrogen and oxygen atoms in total. The summed E-state index contributed by atoms with van der Waals surface area (Å²) in [6.45, 7) is 4.00. The van der Waals surface area contributed by atoms with Crippen molar-refractivity contribution in [2.45, 2.75) is 26.2 Å². The second kappa shape index (κ2) is 7.46. The Kier molecular flexibility index (Phi) is 5.62. The van der Waals surface area contributed by atoms with Gasteiger partial charge < -0.3 is 10.2 Å². The van der Waals surface area contributed by atoms with Gasteiger partial charge in [-0.25, -0.2) is 0 Å². The average Bonchev–Trinajstić information content (AvgIpc) is 2.49. The van der Waals surface area contributed by atoms with Crippen LogP contribution in [0.4, 0.5) is 0 Å². The SMILES string of the molecule is CC1CCN(C(=O)C(=O)NCCc2ccc(Cl)cc2)CC1. The van der Waals surface area contributed by atoms with Gasteiger partial charge in [0.15, 0.2) is 0 Å². The normalized spacial score (nSPS) is 15.8. The number of benzene rings is 1. The highest BCUT2D eigenvalue weighted by Gasteiger charge is 2.24. The minimum Gasteiger partial charge on any atom is -0.347 e. The van der Waals surface area contributed by atoms with Gasteiger partial charge in [0.05, 0.1) is 0 Å². The number of nitrogens with zero attached hydrogens (tertiary/aromatic N) is 1. The lowest BCUT2D eigenvalue weighted by atomic mass is 9.99. The Balaban J connectivity index is 1.74. The highest BCUT2D eigenvalue weighted by Crippen LogP contribution is 2.15. The summed E-state index contributed by atoms with van der Waals surface area (Å²) in [5.41, 5.74) is 1.08. The Morgan fingerprint density at radius 2 is 1.86 bits per heavy atom. The molecule has 1 N–H and O–H groups in total. The van der Waals surface area contributed by atoms with E-state index in [0.29, 0.717) is 37.0 Å². The van der Waals surface area contributed by atoms with Crippen LogP contribution in [-0.4, -0.2) is 36.3 Å². The second-order valence-electron chi connectivity index (χ2n) is 5.61. The van der Waals surface area contributed by atoms with E-state index >= 15 is 0 Å². The first-order chi connectivity index (χ1) is 10.1. The number of carbonyl (C=O) groups excluding carboxylic acids is 2. The zero-order valence-corrected chi connectivity index (χ0v) is 13.0. The molecule has 1 heterocycles. The fourth-order valence-corrected chi connectivity index (χ4v) is 2.53. The summed E-state index contributed by atoms with van der Waals surface area (Å²) in [6, 6.07) is 7.47. The zero-order valence-electron chi connectivity index (χ0n) is 12.3.